The SMILES string of the molecule is Cc1ccc2cc(C(O)c3ccccc3)ccc2n1. The van der Waals surface area contributed by atoms with Gasteiger partial charge >= 0.3 is 0 Å². The Bertz CT molecular complexity index is 707. The molecule has 0 spiro atoms. The molecule has 0 amide bonds. The standard InChI is InChI=1S/C17H15NO/c1-12-7-8-14-11-15(9-10-16(14)18-12)17(19)13-5-3-2-4-6-13/h2-11,17,19H,1H3. The van der Waals surface area contributed by atoms with Crippen molar-refractivity contribution < 1.29 is 5.11 Å². The Kier molecular flexibility index (Phi) is 3.02. The lowest BCUT2D eigenvalue weighted by Gasteiger charge is -2.12. The Morgan fingerprint density at radius 3 is 2.47 bits per heavy atom. The van der Waals surface area contributed by atoms with Crippen LogP contribution in [0.15, 0.2) is 60.7 Å². The van der Waals surface area contributed by atoms with Gasteiger partial charge in [-0.25, -0.2) is 0 Å². The van der Waals surface area contributed by atoms with Gasteiger partial charge < -0.3 is 5.11 Å². The number of nitrogens with zero attached hydrogens (tertiary/aromatic N) is 1. The van der Waals surface area contributed by atoms with Crippen LogP contribution in [-0.4, -0.2) is 10.1 Å². The van der Waals surface area contributed by atoms with E-state index < -0.39 is 6.10 Å². The van der Waals surface area contributed by atoms with Crippen molar-refractivity contribution in [2.24, 2.45) is 0 Å². The molecule has 1 atom stereocenters. The maximum Gasteiger partial charge on any atom is 0.104 e. The van der Waals surface area contributed by atoms with Crippen LogP contribution in [0.1, 0.15) is 22.9 Å². The molecule has 0 saturated carbocycles. The lowest BCUT2D eigenvalue weighted by atomic mass is 10.00. The fraction of sp³-hybridized carbons (Fsp3) is 0.118. The molecule has 2 heteroatoms. The lowest BCUT2D eigenvalue weighted by Crippen LogP contribution is -1.99. The summed E-state index contributed by atoms with van der Waals surface area (Å²) in [5, 5.41) is 11.4. The molecule has 1 heterocycles. The molecule has 3 aromatic rings. The minimum absolute atomic E-state index is 0.591. The number of hydrogen-bond donors (Lipinski definition) is 1. The maximum absolute atomic E-state index is 10.4. The molecule has 1 N–H and O–H groups in total. The minimum Gasteiger partial charge on any atom is -0.384 e. The van der Waals surface area contributed by atoms with E-state index in [4.69, 9.17) is 0 Å². The van der Waals surface area contributed by atoms with Gasteiger partial charge in [-0.2, -0.15) is 0 Å². The first-order valence-electron chi connectivity index (χ1n) is 6.34. The van der Waals surface area contributed by atoms with Gasteiger partial charge in [-0.3, -0.25) is 4.98 Å². The summed E-state index contributed by atoms with van der Waals surface area (Å²) in [4.78, 5) is 4.47. The van der Waals surface area contributed by atoms with Crippen LogP contribution in [0.4, 0.5) is 0 Å². The minimum atomic E-state index is -0.591. The molecule has 94 valence electrons. The van der Waals surface area contributed by atoms with Gasteiger partial charge in [0.2, 0.25) is 0 Å². The highest BCUT2D eigenvalue weighted by molar-refractivity contribution is 5.79. The maximum atomic E-state index is 10.4. The highest BCUT2D eigenvalue weighted by Gasteiger charge is 2.10. The molecule has 0 aliphatic carbocycles. The number of benzene rings is 2. The van der Waals surface area contributed by atoms with Gasteiger partial charge in [0.1, 0.15) is 6.10 Å². The Hall–Kier alpha value is -2.19. The van der Waals surface area contributed by atoms with Crippen LogP contribution >= 0.6 is 0 Å². The molecule has 2 nitrogen and oxygen atoms in total. The van der Waals surface area contributed by atoms with Gasteiger partial charge in [0.05, 0.1) is 5.52 Å². The summed E-state index contributed by atoms with van der Waals surface area (Å²) < 4.78 is 0. The van der Waals surface area contributed by atoms with Gasteiger partial charge in [0, 0.05) is 11.1 Å². The summed E-state index contributed by atoms with van der Waals surface area (Å²) in [6.45, 7) is 1.98. The zero-order valence-electron chi connectivity index (χ0n) is 10.7. The first-order chi connectivity index (χ1) is 9.24. The molecule has 0 bridgehead atoms. The summed E-state index contributed by atoms with van der Waals surface area (Å²) in [7, 11) is 0. The Balaban J connectivity index is 2.04. The number of rotatable bonds is 2. The van der Waals surface area contributed by atoms with Crippen molar-refractivity contribution >= 4 is 10.9 Å². The summed E-state index contributed by atoms with van der Waals surface area (Å²) in [6, 6.07) is 19.6. The predicted octanol–water partition coefficient (Wildman–Crippen LogP) is 3.62. The van der Waals surface area contributed by atoms with Crippen molar-refractivity contribution in [1.29, 1.82) is 0 Å². The monoisotopic (exact) mass is 249 g/mol. The van der Waals surface area contributed by atoms with Crippen LogP contribution < -0.4 is 0 Å². The van der Waals surface area contributed by atoms with Gasteiger partial charge in [0.25, 0.3) is 0 Å². The van der Waals surface area contributed by atoms with E-state index in [-0.39, 0.29) is 0 Å². The number of hydrogen-bond acceptors (Lipinski definition) is 2. The third-order valence-electron chi connectivity index (χ3n) is 3.28. The fourth-order valence-electron chi connectivity index (χ4n) is 2.24. The second kappa shape index (κ2) is 4.82. The Morgan fingerprint density at radius 1 is 0.895 bits per heavy atom. The highest BCUT2D eigenvalue weighted by atomic mass is 16.3. The first kappa shape index (κ1) is 11.9. The summed E-state index contributed by atoms with van der Waals surface area (Å²) in [5.74, 6) is 0. The largest absolute Gasteiger partial charge is 0.384 e. The quantitative estimate of drug-likeness (QED) is 0.752. The van der Waals surface area contributed by atoms with Crippen LogP contribution in [0.25, 0.3) is 10.9 Å². The second-order valence-corrected chi connectivity index (χ2v) is 4.72. The number of aryl methyl sites for hydroxylation is 1. The van der Waals surface area contributed by atoms with E-state index in [2.05, 4.69) is 4.98 Å². The number of fused-ring (bicyclic) bond motifs is 1. The van der Waals surface area contributed by atoms with Crippen molar-refractivity contribution in [1.82, 2.24) is 4.98 Å². The fourth-order valence-corrected chi connectivity index (χ4v) is 2.24. The average Bonchev–Trinajstić information content (AvgIpc) is 2.47. The molecule has 0 fully saturated rings. The molecule has 0 aliphatic heterocycles. The van der Waals surface area contributed by atoms with E-state index in [1.165, 1.54) is 0 Å². The number of pyridine rings is 1. The third-order valence-corrected chi connectivity index (χ3v) is 3.28. The van der Waals surface area contributed by atoms with Gasteiger partial charge in [-0.05, 0) is 36.2 Å². The van der Waals surface area contributed by atoms with Crippen LogP contribution in [0.3, 0.4) is 0 Å². The summed E-state index contributed by atoms with van der Waals surface area (Å²) in [5.41, 5.74) is 3.76. The topological polar surface area (TPSA) is 33.1 Å². The summed E-state index contributed by atoms with van der Waals surface area (Å²) >= 11 is 0. The number of aromatic nitrogens is 1. The van der Waals surface area contributed by atoms with E-state index in [9.17, 15) is 5.11 Å². The number of aliphatic hydroxyl groups excluding tert-OH is 1. The first-order valence-corrected chi connectivity index (χ1v) is 6.34. The predicted molar refractivity (Wildman–Crippen MR) is 77.0 cm³/mol. The summed E-state index contributed by atoms with van der Waals surface area (Å²) in [6.07, 6.45) is -0.591. The second-order valence-electron chi connectivity index (χ2n) is 4.72. The smallest absolute Gasteiger partial charge is 0.104 e. The zero-order valence-corrected chi connectivity index (χ0v) is 10.7. The molecular weight excluding hydrogens is 234 g/mol. The molecule has 1 unspecified atom stereocenters. The molecule has 0 aliphatic rings. The average molecular weight is 249 g/mol. The van der Waals surface area contributed by atoms with Crippen molar-refractivity contribution in [3.05, 3.63) is 77.5 Å². The van der Waals surface area contributed by atoms with Crippen molar-refractivity contribution in [2.75, 3.05) is 0 Å². The van der Waals surface area contributed by atoms with Crippen molar-refractivity contribution in [3.8, 4) is 0 Å². The van der Waals surface area contributed by atoms with Crippen molar-refractivity contribution in [2.45, 2.75) is 13.0 Å². The van der Waals surface area contributed by atoms with E-state index >= 15 is 0 Å². The van der Waals surface area contributed by atoms with E-state index in [0.29, 0.717) is 0 Å². The normalized spacial score (nSPS) is 12.5. The number of aliphatic hydroxyl groups is 1. The zero-order chi connectivity index (χ0) is 13.2. The lowest BCUT2D eigenvalue weighted by molar-refractivity contribution is 0.220. The van der Waals surface area contributed by atoms with E-state index in [0.717, 1.165) is 27.7 Å². The molecule has 0 saturated heterocycles. The van der Waals surface area contributed by atoms with E-state index in [1.807, 2.05) is 67.6 Å². The molecular formula is C17H15NO. The Morgan fingerprint density at radius 2 is 1.68 bits per heavy atom. The van der Waals surface area contributed by atoms with Crippen LogP contribution in [0.2, 0.25) is 0 Å². The molecule has 3 rings (SSSR count). The van der Waals surface area contributed by atoms with Crippen LogP contribution in [0, 0.1) is 6.92 Å². The third kappa shape index (κ3) is 2.35. The van der Waals surface area contributed by atoms with E-state index in [1.54, 1.807) is 0 Å². The molecule has 2 aromatic carbocycles. The van der Waals surface area contributed by atoms with Gasteiger partial charge in [-0.15, -0.1) is 0 Å². The van der Waals surface area contributed by atoms with Crippen LogP contribution in [0.5, 0.6) is 0 Å². The van der Waals surface area contributed by atoms with Gasteiger partial charge in [0.15, 0.2) is 0 Å². The molecule has 1 aromatic heterocycles. The molecule has 19 heavy (non-hydrogen) atoms. The van der Waals surface area contributed by atoms with Crippen LogP contribution in [-0.2, 0) is 0 Å². The van der Waals surface area contributed by atoms with Gasteiger partial charge in [-0.1, -0.05) is 42.5 Å². The Labute approximate surface area is 112 Å². The molecule has 0 radical (unpaired) electrons. The van der Waals surface area contributed by atoms with Crippen molar-refractivity contribution in [3.63, 3.8) is 0 Å². The highest BCUT2D eigenvalue weighted by Crippen LogP contribution is 2.24.